The molecule has 0 unspecified atom stereocenters. The Bertz CT molecular complexity index is 1170. The lowest BCUT2D eigenvalue weighted by Crippen LogP contribution is -2.34. The summed E-state index contributed by atoms with van der Waals surface area (Å²) < 4.78 is 5.17. The van der Waals surface area contributed by atoms with Crippen molar-refractivity contribution in [1.29, 1.82) is 0 Å². The second-order valence-electron chi connectivity index (χ2n) is 7.70. The highest BCUT2D eigenvalue weighted by Gasteiger charge is 2.17. The summed E-state index contributed by atoms with van der Waals surface area (Å²) >= 11 is 0. The molecule has 3 N–H and O–H groups in total. The number of carbonyl (C=O) groups excluding carboxylic acids is 4. The topological polar surface area (TPSA) is 114 Å². The zero-order chi connectivity index (χ0) is 24.5. The van der Waals surface area contributed by atoms with Crippen molar-refractivity contribution in [3.63, 3.8) is 0 Å². The average Bonchev–Trinajstić information content (AvgIpc) is 2.83. The number of rotatable bonds is 8. The highest BCUT2D eigenvalue weighted by Crippen LogP contribution is 2.17. The van der Waals surface area contributed by atoms with Gasteiger partial charge in [0.1, 0.15) is 0 Å². The van der Waals surface area contributed by atoms with Crippen molar-refractivity contribution in [2.75, 3.05) is 17.2 Å². The molecule has 3 aromatic carbocycles. The predicted octanol–water partition coefficient (Wildman–Crippen LogP) is 4.51. The minimum atomic E-state index is -0.736. The maximum atomic E-state index is 12.5. The molecule has 0 aromatic heterocycles. The molecule has 0 aliphatic heterocycles. The smallest absolute Gasteiger partial charge is 0.340 e. The summed E-state index contributed by atoms with van der Waals surface area (Å²) in [6.45, 7) is 3.16. The van der Waals surface area contributed by atoms with Crippen LogP contribution in [0.15, 0.2) is 78.9 Å². The van der Waals surface area contributed by atoms with Crippen LogP contribution in [0.25, 0.3) is 0 Å². The Morgan fingerprint density at radius 1 is 0.765 bits per heavy atom. The summed E-state index contributed by atoms with van der Waals surface area (Å²) in [5.74, 6) is -1.40. The standard InChI is InChI=1S/C26H25N3O5/c1-17(2)27-26(33)29-22-11-7-6-10-21(22)25(32)34-16-23(30)18-12-14-20(15-13-18)28-24(31)19-8-4-3-5-9-19/h3-15,17H,16H2,1-2H3,(H,28,31)(H2,27,29,33). The number of para-hydroxylation sites is 1. The van der Waals surface area contributed by atoms with Crippen LogP contribution in [0.2, 0.25) is 0 Å². The zero-order valence-corrected chi connectivity index (χ0v) is 18.8. The average molecular weight is 460 g/mol. The summed E-state index contributed by atoms with van der Waals surface area (Å²) in [6.07, 6.45) is 0. The minimum absolute atomic E-state index is 0.0743. The number of benzene rings is 3. The summed E-state index contributed by atoms with van der Waals surface area (Å²) in [5.41, 5.74) is 1.78. The molecule has 174 valence electrons. The highest BCUT2D eigenvalue weighted by molar-refractivity contribution is 6.05. The van der Waals surface area contributed by atoms with E-state index in [1.54, 1.807) is 66.7 Å². The lowest BCUT2D eigenvalue weighted by Gasteiger charge is -2.13. The van der Waals surface area contributed by atoms with Crippen molar-refractivity contribution in [2.45, 2.75) is 19.9 Å². The fourth-order valence-corrected chi connectivity index (χ4v) is 3.02. The second kappa shape index (κ2) is 11.4. The van der Waals surface area contributed by atoms with Crippen LogP contribution in [0.3, 0.4) is 0 Å². The molecule has 0 atom stereocenters. The molecule has 0 saturated heterocycles. The lowest BCUT2D eigenvalue weighted by molar-refractivity contribution is 0.0475. The molecule has 0 bridgehead atoms. The Morgan fingerprint density at radius 2 is 1.41 bits per heavy atom. The molecular formula is C26H25N3O5. The van der Waals surface area contributed by atoms with Gasteiger partial charge in [0, 0.05) is 22.9 Å². The van der Waals surface area contributed by atoms with Crippen molar-refractivity contribution >= 4 is 35.1 Å². The first-order chi connectivity index (χ1) is 16.3. The fraction of sp³-hybridized carbons (Fsp3) is 0.154. The molecule has 0 heterocycles. The monoisotopic (exact) mass is 459 g/mol. The third-order valence-corrected chi connectivity index (χ3v) is 4.65. The van der Waals surface area contributed by atoms with E-state index in [9.17, 15) is 19.2 Å². The number of carbonyl (C=O) groups is 4. The summed E-state index contributed by atoms with van der Waals surface area (Å²) in [7, 11) is 0. The first-order valence-electron chi connectivity index (χ1n) is 10.7. The number of Topliss-reactive ketones (excluding diaryl/α,β-unsaturated/α-hetero) is 1. The molecule has 3 aromatic rings. The molecular weight excluding hydrogens is 434 g/mol. The molecule has 0 saturated carbocycles. The molecule has 0 aliphatic rings. The molecule has 8 nitrogen and oxygen atoms in total. The Labute approximate surface area is 197 Å². The van der Waals surface area contributed by atoms with E-state index in [0.29, 0.717) is 16.8 Å². The Kier molecular flexibility index (Phi) is 8.12. The molecule has 0 aliphatic carbocycles. The number of hydrogen-bond donors (Lipinski definition) is 3. The third-order valence-electron chi connectivity index (χ3n) is 4.65. The first kappa shape index (κ1) is 24.2. The first-order valence-corrected chi connectivity index (χ1v) is 10.7. The fourth-order valence-electron chi connectivity index (χ4n) is 3.02. The second-order valence-corrected chi connectivity index (χ2v) is 7.70. The van der Waals surface area contributed by atoms with Crippen LogP contribution >= 0.6 is 0 Å². The molecule has 0 fully saturated rings. The molecule has 8 heteroatoms. The van der Waals surface area contributed by atoms with Gasteiger partial charge in [0.2, 0.25) is 0 Å². The van der Waals surface area contributed by atoms with E-state index < -0.39 is 24.4 Å². The van der Waals surface area contributed by atoms with Crippen LogP contribution in [0.4, 0.5) is 16.2 Å². The van der Waals surface area contributed by atoms with Crippen molar-refractivity contribution in [3.05, 3.63) is 95.6 Å². The number of esters is 1. The van der Waals surface area contributed by atoms with Gasteiger partial charge in [-0.1, -0.05) is 30.3 Å². The minimum Gasteiger partial charge on any atom is -0.454 e. The Hall–Kier alpha value is -4.46. The molecule has 3 rings (SSSR count). The number of ether oxygens (including phenoxy) is 1. The van der Waals surface area contributed by atoms with Crippen molar-refractivity contribution < 1.29 is 23.9 Å². The quantitative estimate of drug-likeness (QED) is 0.339. The van der Waals surface area contributed by atoms with Gasteiger partial charge in [0.15, 0.2) is 12.4 Å². The van der Waals surface area contributed by atoms with Crippen LogP contribution in [0.5, 0.6) is 0 Å². The van der Waals surface area contributed by atoms with Crippen LogP contribution in [0.1, 0.15) is 44.9 Å². The van der Waals surface area contributed by atoms with Crippen molar-refractivity contribution in [3.8, 4) is 0 Å². The summed E-state index contributed by atoms with van der Waals surface area (Å²) in [4.78, 5) is 49.2. The van der Waals surface area contributed by atoms with Crippen LogP contribution in [-0.2, 0) is 4.74 Å². The number of ketones is 1. The number of amides is 3. The third kappa shape index (κ3) is 6.77. The normalized spacial score (nSPS) is 10.3. The van der Waals surface area contributed by atoms with E-state index in [0.717, 1.165) is 0 Å². The SMILES string of the molecule is CC(C)NC(=O)Nc1ccccc1C(=O)OCC(=O)c1ccc(NC(=O)c2ccccc2)cc1. The van der Waals surface area contributed by atoms with Crippen molar-refractivity contribution in [2.24, 2.45) is 0 Å². The number of hydrogen-bond acceptors (Lipinski definition) is 5. The summed E-state index contributed by atoms with van der Waals surface area (Å²) in [6, 6.07) is 20.9. The number of nitrogens with one attached hydrogen (secondary N) is 3. The zero-order valence-electron chi connectivity index (χ0n) is 18.8. The van der Waals surface area contributed by atoms with Gasteiger partial charge in [-0.25, -0.2) is 9.59 Å². The van der Waals surface area contributed by atoms with Gasteiger partial charge in [-0.2, -0.15) is 0 Å². The molecule has 0 radical (unpaired) electrons. The van der Waals surface area contributed by atoms with Crippen LogP contribution in [0, 0.1) is 0 Å². The number of urea groups is 1. The van der Waals surface area contributed by atoms with E-state index in [1.165, 1.54) is 6.07 Å². The predicted molar refractivity (Wildman–Crippen MR) is 129 cm³/mol. The van der Waals surface area contributed by atoms with E-state index in [2.05, 4.69) is 16.0 Å². The van der Waals surface area contributed by atoms with Gasteiger partial charge in [0.05, 0.1) is 11.3 Å². The van der Waals surface area contributed by atoms with E-state index in [1.807, 2.05) is 19.9 Å². The molecule has 34 heavy (non-hydrogen) atoms. The van der Waals surface area contributed by atoms with E-state index >= 15 is 0 Å². The van der Waals surface area contributed by atoms with Gasteiger partial charge in [-0.05, 0) is 62.4 Å². The van der Waals surface area contributed by atoms with Gasteiger partial charge >= 0.3 is 12.0 Å². The van der Waals surface area contributed by atoms with Gasteiger partial charge < -0.3 is 20.7 Å². The molecule has 3 amide bonds. The molecule has 0 spiro atoms. The van der Waals surface area contributed by atoms with Gasteiger partial charge in [-0.15, -0.1) is 0 Å². The Morgan fingerprint density at radius 3 is 2.09 bits per heavy atom. The van der Waals surface area contributed by atoms with Crippen LogP contribution < -0.4 is 16.0 Å². The lowest BCUT2D eigenvalue weighted by atomic mass is 10.1. The number of anilines is 2. The van der Waals surface area contributed by atoms with E-state index in [4.69, 9.17) is 4.74 Å². The Balaban J connectivity index is 1.57. The van der Waals surface area contributed by atoms with Crippen LogP contribution in [-0.4, -0.2) is 36.3 Å². The van der Waals surface area contributed by atoms with Gasteiger partial charge in [0.25, 0.3) is 5.91 Å². The van der Waals surface area contributed by atoms with Gasteiger partial charge in [-0.3, -0.25) is 9.59 Å². The maximum Gasteiger partial charge on any atom is 0.340 e. The van der Waals surface area contributed by atoms with E-state index in [-0.39, 0.29) is 23.2 Å². The maximum absolute atomic E-state index is 12.5. The largest absolute Gasteiger partial charge is 0.454 e. The van der Waals surface area contributed by atoms with Crippen molar-refractivity contribution in [1.82, 2.24) is 5.32 Å². The highest BCUT2D eigenvalue weighted by atomic mass is 16.5. The summed E-state index contributed by atoms with van der Waals surface area (Å²) in [5, 5.41) is 8.03.